The number of hydrogen-bond acceptors (Lipinski definition) is 7. The number of thiazole rings is 1. The van der Waals surface area contributed by atoms with Gasteiger partial charge in [0.1, 0.15) is 16.4 Å². The SMILES string of the molecule is CC(C)(C)OC(=O)N1CCN(Cc2ccc3nc(-c4ccccc4NC(=O)Oc4ccccc4)sc3c2)CC1. The van der Waals surface area contributed by atoms with Crippen LogP contribution in [0.1, 0.15) is 26.3 Å². The molecule has 1 saturated heterocycles. The summed E-state index contributed by atoms with van der Waals surface area (Å²) in [4.78, 5) is 33.8. The molecule has 0 spiro atoms. The quantitative estimate of drug-likeness (QED) is 0.304. The van der Waals surface area contributed by atoms with Crippen molar-refractivity contribution in [3.8, 4) is 16.3 Å². The van der Waals surface area contributed by atoms with Gasteiger partial charge in [-0.2, -0.15) is 0 Å². The molecule has 2 heterocycles. The minimum Gasteiger partial charge on any atom is -0.444 e. The average Bonchev–Trinajstić information content (AvgIpc) is 3.32. The highest BCUT2D eigenvalue weighted by Crippen LogP contribution is 2.35. The lowest BCUT2D eigenvalue weighted by Crippen LogP contribution is -2.49. The molecule has 1 N–H and O–H groups in total. The van der Waals surface area contributed by atoms with Crippen molar-refractivity contribution in [1.29, 1.82) is 0 Å². The Bertz CT molecular complexity index is 1460. The summed E-state index contributed by atoms with van der Waals surface area (Å²) in [6.45, 7) is 9.35. The first-order valence-electron chi connectivity index (χ1n) is 13.0. The van der Waals surface area contributed by atoms with Crippen molar-refractivity contribution in [3.05, 3.63) is 78.4 Å². The third kappa shape index (κ3) is 6.93. The summed E-state index contributed by atoms with van der Waals surface area (Å²) in [5.74, 6) is 0.478. The number of aromatic nitrogens is 1. The molecule has 1 aliphatic heterocycles. The predicted octanol–water partition coefficient (Wildman–Crippen LogP) is 6.63. The van der Waals surface area contributed by atoms with Crippen LogP contribution in [0, 0.1) is 0 Å². The van der Waals surface area contributed by atoms with Gasteiger partial charge < -0.3 is 14.4 Å². The second-order valence-corrected chi connectivity index (χ2v) is 11.5. The molecule has 0 atom stereocenters. The highest BCUT2D eigenvalue weighted by Gasteiger charge is 2.26. The number of nitrogens with zero attached hydrogens (tertiary/aromatic N) is 3. The van der Waals surface area contributed by atoms with Crippen LogP contribution in [0.2, 0.25) is 0 Å². The fourth-order valence-electron chi connectivity index (χ4n) is 4.37. The van der Waals surface area contributed by atoms with Gasteiger partial charge in [-0.3, -0.25) is 10.2 Å². The lowest BCUT2D eigenvalue weighted by Gasteiger charge is -2.35. The Morgan fingerprint density at radius 2 is 1.67 bits per heavy atom. The van der Waals surface area contributed by atoms with Crippen molar-refractivity contribution in [1.82, 2.24) is 14.8 Å². The molecule has 3 aromatic carbocycles. The first-order valence-corrected chi connectivity index (χ1v) is 13.8. The molecular weight excluding hydrogens is 512 g/mol. The van der Waals surface area contributed by atoms with E-state index in [1.807, 2.05) is 69.3 Å². The van der Waals surface area contributed by atoms with E-state index >= 15 is 0 Å². The number of amides is 2. The molecule has 5 rings (SSSR count). The van der Waals surface area contributed by atoms with Gasteiger partial charge in [-0.1, -0.05) is 36.4 Å². The highest BCUT2D eigenvalue weighted by atomic mass is 32.1. The fraction of sp³-hybridized carbons (Fsp3) is 0.300. The summed E-state index contributed by atoms with van der Waals surface area (Å²) in [5.41, 5.74) is 3.10. The summed E-state index contributed by atoms with van der Waals surface area (Å²) < 4.78 is 12.0. The maximum atomic E-state index is 12.5. The molecule has 0 unspecified atom stereocenters. The molecule has 202 valence electrons. The Kier molecular flexibility index (Phi) is 7.81. The average molecular weight is 545 g/mol. The zero-order chi connectivity index (χ0) is 27.4. The van der Waals surface area contributed by atoms with Crippen molar-refractivity contribution >= 4 is 39.4 Å². The minimum atomic E-state index is -0.552. The van der Waals surface area contributed by atoms with Crippen LogP contribution in [0.3, 0.4) is 0 Å². The Labute approximate surface area is 232 Å². The zero-order valence-corrected chi connectivity index (χ0v) is 23.2. The number of benzene rings is 3. The Balaban J connectivity index is 1.24. The smallest absolute Gasteiger partial charge is 0.417 e. The highest BCUT2D eigenvalue weighted by molar-refractivity contribution is 7.21. The Morgan fingerprint density at radius 3 is 2.41 bits per heavy atom. The van der Waals surface area contributed by atoms with Crippen LogP contribution in [0.4, 0.5) is 15.3 Å². The Hall–Kier alpha value is -3.95. The first-order chi connectivity index (χ1) is 18.7. The number of ether oxygens (including phenoxy) is 2. The maximum Gasteiger partial charge on any atom is 0.417 e. The molecule has 0 saturated carbocycles. The lowest BCUT2D eigenvalue weighted by atomic mass is 10.1. The zero-order valence-electron chi connectivity index (χ0n) is 22.3. The second-order valence-electron chi connectivity index (χ2n) is 10.4. The third-order valence-electron chi connectivity index (χ3n) is 6.23. The molecule has 9 heteroatoms. The van der Waals surface area contributed by atoms with E-state index in [0.29, 0.717) is 24.5 Å². The van der Waals surface area contributed by atoms with Gasteiger partial charge in [-0.05, 0) is 62.7 Å². The summed E-state index contributed by atoms with van der Waals surface area (Å²) >= 11 is 1.59. The lowest BCUT2D eigenvalue weighted by molar-refractivity contribution is 0.0139. The third-order valence-corrected chi connectivity index (χ3v) is 7.28. The standard InChI is InChI=1S/C30H32N4O4S/c1-30(2,3)38-29(36)34-17-15-33(16-18-34)20-21-13-14-25-26(19-21)39-27(31-25)23-11-7-8-12-24(23)32-28(35)37-22-9-5-4-6-10-22/h4-14,19H,15-18,20H2,1-3H3,(H,32,35). The molecule has 1 aliphatic rings. The number of piperazine rings is 1. The van der Waals surface area contributed by atoms with Crippen LogP contribution in [0.25, 0.3) is 20.8 Å². The van der Waals surface area contributed by atoms with E-state index in [2.05, 4.69) is 22.3 Å². The molecule has 4 aromatic rings. The van der Waals surface area contributed by atoms with Gasteiger partial charge in [0.05, 0.1) is 15.9 Å². The summed E-state index contributed by atoms with van der Waals surface area (Å²) in [7, 11) is 0. The van der Waals surface area contributed by atoms with Crippen LogP contribution < -0.4 is 10.1 Å². The largest absolute Gasteiger partial charge is 0.444 e. The number of fused-ring (bicyclic) bond motifs is 1. The van der Waals surface area contributed by atoms with Gasteiger partial charge >= 0.3 is 12.2 Å². The van der Waals surface area contributed by atoms with Gasteiger partial charge in [0.2, 0.25) is 0 Å². The summed E-state index contributed by atoms with van der Waals surface area (Å²) in [6.07, 6.45) is -0.798. The number of para-hydroxylation sites is 2. The molecule has 0 bridgehead atoms. The molecule has 39 heavy (non-hydrogen) atoms. The van der Waals surface area contributed by atoms with E-state index in [1.54, 1.807) is 28.4 Å². The van der Waals surface area contributed by atoms with Gasteiger partial charge in [0.15, 0.2) is 0 Å². The van der Waals surface area contributed by atoms with E-state index in [0.717, 1.165) is 40.4 Å². The molecule has 0 aliphatic carbocycles. The van der Waals surface area contributed by atoms with Gasteiger partial charge in [0, 0.05) is 38.3 Å². The molecular formula is C30H32N4O4S. The van der Waals surface area contributed by atoms with Crippen LogP contribution in [-0.2, 0) is 11.3 Å². The molecule has 1 aromatic heterocycles. The van der Waals surface area contributed by atoms with Crippen LogP contribution in [0.5, 0.6) is 5.75 Å². The van der Waals surface area contributed by atoms with Crippen molar-refractivity contribution in [2.75, 3.05) is 31.5 Å². The minimum absolute atomic E-state index is 0.246. The Morgan fingerprint density at radius 1 is 0.949 bits per heavy atom. The molecule has 0 radical (unpaired) electrons. The molecule has 2 amide bonds. The first kappa shape index (κ1) is 26.6. The van der Waals surface area contributed by atoms with Crippen molar-refractivity contribution in [2.45, 2.75) is 32.9 Å². The van der Waals surface area contributed by atoms with E-state index in [-0.39, 0.29) is 6.09 Å². The number of hydrogen-bond donors (Lipinski definition) is 1. The predicted molar refractivity (Wildman–Crippen MR) is 154 cm³/mol. The number of carbonyl (C=O) groups excluding carboxylic acids is 2. The van der Waals surface area contributed by atoms with Crippen LogP contribution in [0.15, 0.2) is 72.8 Å². The van der Waals surface area contributed by atoms with Crippen molar-refractivity contribution < 1.29 is 19.1 Å². The molecule has 8 nitrogen and oxygen atoms in total. The van der Waals surface area contributed by atoms with E-state index in [9.17, 15) is 9.59 Å². The van der Waals surface area contributed by atoms with Crippen LogP contribution >= 0.6 is 11.3 Å². The number of carbonyl (C=O) groups is 2. The maximum absolute atomic E-state index is 12.5. The summed E-state index contributed by atoms with van der Waals surface area (Å²) in [5, 5.41) is 3.68. The summed E-state index contributed by atoms with van der Waals surface area (Å²) in [6, 6.07) is 22.9. The van der Waals surface area contributed by atoms with E-state index in [1.165, 1.54) is 5.56 Å². The van der Waals surface area contributed by atoms with Gasteiger partial charge in [-0.25, -0.2) is 14.6 Å². The second kappa shape index (κ2) is 11.4. The molecule has 1 fully saturated rings. The topological polar surface area (TPSA) is 84.0 Å². The monoisotopic (exact) mass is 544 g/mol. The fourth-order valence-corrected chi connectivity index (χ4v) is 5.43. The van der Waals surface area contributed by atoms with Gasteiger partial charge in [-0.15, -0.1) is 11.3 Å². The van der Waals surface area contributed by atoms with E-state index < -0.39 is 11.7 Å². The van der Waals surface area contributed by atoms with Crippen molar-refractivity contribution in [3.63, 3.8) is 0 Å². The van der Waals surface area contributed by atoms with E-state index in [4.69, 9.17) is 14.5 Å². The van der Waals surface area contributed by atoms with Crippen LogP contribution in [-0.4, -0.2) is 58.8 Å². The number of nitrogens with one attached hydrogen (secondary N) is 1. The van der Waals surface area contributed by atoms with Gasteiger partial charge in [0.25, 0.3) is 0 Å². The normalized spacial score (nSPS) is 14.3. The van der Waals surface area contributed by atoms with Crippen molar-refractivity contribution in [2.24, 2.45) is 0 Å². The number of rotatable bonds is 5. The number of anilines is 1.